The van der Waals surface area contributed by atoms with Crippen LogP contribution in [-0.2, 0) is 9.53 Å². The van der Waals surface area contributed by atoms with Crippen LogP contribution < -0.4 is 0 Å². The SMILES string of the molecule is CCCC(CC)C(=O)OCCN(CC)CCO. The van der Waals surface area contributed by atoms with Gasteiger partial charge in [0, 0.05) is 13.1 Å². The van der Waals surface area contributed by atoms with E-state index < -0.39 is 0 Å². The fourth-order valence-electron chi connectivity index (χ4n) is 1.80. The van der Waals surface area contributed by atoms with E-state index in [1.807, 2.05) is 13.8 Å². The molecule has 0 amide bonds. The van der Waals surface area contributed by atoms with Crippen molar-refractivity contribution in [3.8, 4) is 0 Å². The van der Waals surface area contributed by atoms with Crippen LogP contribution in [0, 0.1) is 5.92 Å². The fourth-order valence-corrected chi connectivity index (χ4v) is 1.80. The van der Waals surface area contributed by atoms with Crippen LogP contribution in [0.3, 0.4) is 0 Å². The molecule has 0 aliphatic carbocycles. The van der Waals surface area contributed by atoms with Gasteiger partial charge < -0.3 is 9.84 Å². The fraction of sp³-hybridized carbons (Fsp3) is 0.923. The number of carbonyl (C=O) groups excluding carboxylic acids is 1. The summed E-state index contributed by atoms with van der Waals surface area (Å²) >= 11 is 0. The van der Waals surface area contributed by atoms with Gasteiger partial charge in [0.05, 0.1) is 12.5 Å². The summed E-state index contributed by atoms with van der Waals surface area (Å²) in [5.41, 5.74) is 0. The number of carbonyl (C=O) groups is 1. The third-order valence-corrected chi connectivity index (χ3v) is 2.98. The Morgan fingerprint density at radius 2 is 2.00 bits per heavy atom. The van der Waals surface area contributed by atoms with Gasteiger partial charge in [-0.25, -0.2) is 0 Å². The summed E-state index contributed by atoms with van der Waals surface area (Å²) in [6, 6.07) is 0. The maximum atomic E-state index is 11.7. The normalized spacial score (nSPS) is 12.8. The number of likely N-dealkylation sites (N-methyl/N-ethyl adjacent to an activating group) is 1. The van der Waals surface area contributed by atoms with Gasteiger partial charge in [-0.15, -0.1) is 0 Å². The highest BCUT2D eigenvalue weighted by molar-refractivity contribution is 5.72. The van der Waals surface area contributed by atoms with E-state index in [4.69, 9.17) is 9.84 Å². The molecule has 0 rings (SSSR count). The van der Waals surface area contributed by atoms with Crippen LogP contribution in [0.25, 0.3) is 0 Å². The van der Waals surface area contributed by atoms with Crippen molar-refractivity contribution in [2.75, 3.05) is 32.8 Å². The van der Waals surface area contributed by atoms with Gasteiger partial charge in [0.2, 0.25) is 0 Å². The highest BCUT2D eigenvalue weighted by Gasteiger charge is 2.16. The largest absolute Gasteiger partial charge is 0.464 e. The van der Waals surface area contributed by atoms with Gasteiger partial charge in [-0.2, -0.15) is 0 Å². The molecule has 0 aromatic carbocycles. The molecule has 17 heavy (non-hydrogen) atoms. The van der Waals surface area contributed by atoms with E-state index in [2.05, 4.69) is 11.8 Å². The molecule has 0 saturated heterocycles. The van der Waals surface area contributed by atoms with Crippen molar-refractivity contribution in [1.29, 1.82) is 0 Å². The van der Waals surface area contributed by atoms with Gasteiger partial charge in [0.25, 0.3) is 0 Å². The predicted molar refractivity (Wildman–Crippen MR) is 68.8 cm³/mol. The number of esters is 1. The molecule has 0 aliphatic heterocycles. The Bertz CT molecular complexity index is 197. The molecule has 0 radical (unpaired) electrons. The monoisotopic (exact) mass is 245 g/mol. The minimum atomic E-state index is -0.0746. The van der Waals surface area contributed by atoms with Crippen molar-refractivity contribution in [2.45, 2.75) is 40.0 Å². The molecule has 0 aromatic heterocycles. The third-order valence-electron chi connectivity index (χ3n) is 2.98. The minimum absolute atomic E-state index is 0.0490. The second-order valence-corrected chi connectivity index (χ2v) is 4.22. The zero-order valence-electron chi connectivity index (χ0n) is 11.4. The van der Waals surface area contributed by atoms with Crippen LogP contribution in [0.2, 0.25) is 0 Å². The molecule has 1 atom stereocenters. The molecule has 4 nitrogen and oxygen atoms in total. The summed E-state index contributed by atoms with van der Waals surface area (Å²) in [6.45, 7) is 8.91. The van der Waals surface area contributed by atoms with E-state index >= 15 is 0 Å². The molecule has 0 fully saturated rings. The van der Waals surface area contributed by atoms with Crippen molar-refractivity contribution < 1.29 is 14.6 Å². The predicted octanol–water partition coefficient (Wildman–Crippen LogP) is 1.67. The van der Waals surface area contributed by atoms with Crippen molar-refractivity contribution in [1.82, 2.24) is 4.90 Å². The quantitative estimate of drug-likeness (QED) is 0.595. The molecule has 1 unspecified atom stereocenters. The smallest absolute Gasteiger partial charge is 0.308 e. The minimum Gasteiger partial charge on any atom is -0.464 e. The van der Waals surface area contributed by atoms with E-state index in [9.17, 15) is 4.79 Å². The molecule has 1 N–H and O–H groups in total. The summed E-state index contributed by atoms with van der Waals surface area (Å²) < 4.78 is 5.26. The van der Waals surface area contributed by atoms with Crippen molar-refractivity contribution in [2.24, 2.45) is 5.92 Å². The lowest BCUT2D eigenvalue weighted by molar-refractivity contribution is -0.149. The number of hydrogen-bond donors (Lipinski definition) is 1. The molecule has 102 valence electrons. The van der Waals surface area contributed by atoms with E-state index in [1.165, 1.54) is 0 Å². The summed E-state index contributed by atoms with van der Waals surface area (Å²) in [5.74, 6) is -0.0256. The van der Waals surface area contributed by atoms with Crippen molar-refractivity contribution in [3.63, 3.8) is 0 Å². The molecule has 0 saturated carbocycles. The molecule has 0 aromatic rings. The zero-order chi connectivity index (χ0) is 13.1. The summed E-state index contributed by atoms with van der Waals surface area (Å²) in [7, 11) is 0. The zero-order valence-corrected chi connectivity index (χ0v) is 11.4. The molecule has 0 heterocycles. The van der Waals surface area contributed by atoms with E-state index in [0.29, 0.717) is 19.7 Å². The highest BCUT2D eigenvalue weighted by Crippen LogP contribution is 2.12. The standard InChI is InChI=1S/C13H27NO3/c1-4-7-12(5-2)13(16)17-11-9-14(6-3)8-10-15/h12,15H,4-11H2,1-3H3. The van der Waals surface area contributed by atoms with Gasteiger partial charge in [-0.1, -0.05) is 27.2 Å². The van der Waals surface area contributed by atoms with Gasteiger partial charge in [-0.05, 0) is 19.4 Å². The summed E-state index contributed by atoms with van der Waals surface area (Å²) in [5, 5.41) is 8.82. The lowest BCUT2D eigenvalue weighted by atomic mass is 10.0. The van der Waals surface area contributed by atoms with E-state index in [0.717, 1.165) is 25.8 Å². The third kappa shape index (κ3) is 7.34. The van der Waals surface area contributed by atoms with Crippen LogP contribution in [0.5, 0.6) is 0 Å². The lowest BCUT2D eigenvalue weighted by Crippen LogP contribution is -2.31. The average Bonchev–Trinajstić information content (AvgIpc) is 2.34. The van der Waals surface area contributed by atoms with Crippen molar-refractivity contribution >= 4 is 5.97 Å². The molecule has 0 bridgehead atoms. The Morgan fingerprint density at radius 3 is 2.47 bits per heavy atom. The molecule has 0 aliphatic rings. The van der Waals surface area contributed by atoms with Gasteiger partial charge in [-0.3, -0.25) is 9.69 Å². The number of rotatable bonds is 10. The maximum absolute atomic E-state index is 11.7. The Hall–Kier alpha value is -0.610. The average molecular weight is 245 g/mol. The topological polar surface area (TPSA) is 49.8 Å². The van der Waals surface area contributed by atoms with E-state index in [1.54, 1.807) is 0 Å². The first-order valence-corrected chi connectivity index (χ1v) is 6.69. The molecule has 4 heteroatoms. The first kappa shape index (κ1) is 16.4. The Balaban J connectivity index is 3.81. The Kier molecular flexibility index (Phi) is 10.2. The first-order chi connectivity index (χ1) is 8.19. The summed E-state index contributed by atoms with van der Waals surface area (Å²) in [4.78, 5) is 13.8. The number of ether oxygens (including phenoxy) is 1. The Morgan fingerprint density at radius 1 is 1.29 bits per heavy atom. The second-order valence-electron chi connectivity index (χ2n) is 4.22. The molecule has 0 spiro atoms. The molecular formula is C13H27NO3. The number of hydrogen-bond acceptors (Lipinski definition) is 4. The number of nitrogens with zero attached hydrogens (tertiary/aromatic N) is 1. The van der Waals surface area contributed by atoms with Crippen molar-refractivity contribution in [3.05, 3.63) is 0 Å². The van der Waals surface area contributed by atoms with Crippen LogP contribution in [-0.4, -0.2) is 48.8 Å². The van der Waals surface area contributed by atoms with Gasteiger partial charge in [0.15, 0.2) is 0 Å². The highest BCUT2D eigenvalue weighted by atomic mass is 16.5. The van der Waals surface area contributed by atoms with Crippen LogP contribution in [0.1, 0.15) is 40.0 Å². The van der Waals surface area contributed by atoms with Crippen LogP contribution >= 0.6 is 0 Å². The Labute approximate surface area is 105 Å². The second kappa shape index (κ2) is 10.5. The molecular weight excluding hydrogens is 218 g/mol. The number of aliphatic hydroxyl groups is 1. The van der Waals surface area contributed by atoms with Crippen LogP contribution in [0.15, 0.2) is 0 Å². The maximum Gasteiger partial charge on any atom is 0.308 e. The van der Waals surface area contributed by atoms with E-state index in [-0.39, 0.29) is 18.5 Å². The lowest BCUT2D eigenvalue weighted by Gasteiger charge is -2.19. The first-order valence-electron chi connectivity index (χ1n) is 6.69. The number of aliphatic hydroxyl groups excluding tert-OH is 1. The van der Waals surface area contributed by atoms with Gasteiger partial charge >= 0.3 is 5.97 Å². The van der Waals surface area contributed by atoms with Crippen LogP contribution in [0.4, 0.5) is 0 Å². The van der Waals surface area contributed by atoms with Gasteiger partial charge in [0.1, 0.15) is 6.61 Å². The summed E-state index contributed by atoms with van der Waals surface area (Å²) in [6.07, 6.45) is 2.77.